The van der Waals surface area contributed by atoms with Gasteiger partial charge in [-0.3, -0.25) is 9.69 Å². The van der Waals surface area contributed by atoms with Crippen LogP contribution in [0.15, 0.2) is 42.6 Å². The van der Waals surface area contributed by atoms with E-state index < -0.39 is 5.60 Å². The quantitative estimate of drug-likeness (QED) is 0.754. The van der Waals surface area contributed by atoms with E-state index in [1.54, 1.807) is 12.3 Å². The fourth-order valence-electron chi connectivity index (χ4n) is 1.59. The average molecular weight is 203 g/mol. The summed E-state index contributed by atoms with van der Waals surface area (Å²) in [5.41, 5.74) is -0.511. The molecule has 0 spiro atoms. The van der Waals surface area contributed by atoms with Gasteiger partial charge in [-0.2, -0.15) is 0 Å². The van der Waals surface area contributed by atoms with Gasteiger partial charge in [0.25, 0.3) is 5.91 Å². The first-order valence-corrected chi connectivity index (χ1v) is 4.89. The topological polar surface area (TPSA) is 40.5 Å². The number of hydrogen-bond acceptors (Lipinski definition) is 2. The Labute approximate surface area is 88.6 Å². The van der Waals surface area contributed by atoms with Gasteiger partial charge in [0.1, 0.15) is 5.60 Å². The van der Waals surface area contributed by atoms with Crippen LogP contribution in [0, 0.1) is 0 Å². The van der Waals surface area contributed by atoms with Gasteiger partial charge in [-0.15, -0.1) is 0 Å². The number of hydrogen-bond donors (Lipinski definition) is 1. The van der Waals surface area contributed by atoms with Gasteiger partial charge in [0.05, 0.1) is 0 Å². The van der Waals surface area contributed by atoms with Gasteiger partial charge < -0.3 is 5.11 Å². The van der Waals surface area contributed by atoms with Gasteiger partial charge in [0.15, 0.2) is 0 Å². The van der Waals surface area contributed by atoms with Crippen molar-refractivity contribution in [2.45, 2.75) is 18.9 Å². The van der Waals surface area contributed by atoms with Gasteiger partial charge >= 0.3 is 0 Å². The minimum absolute atomic E-state index is 0.281. The molecule has 78 valence electrons. The highest BCUT2D eigenvalue weighted by molar-refractivity contribution is 6.01. The van der Waals surface area contributed by atoms with E-state index in [-0.39, 0.29) is 5.91 Å². The van der Waals surface area contributed by atoms with Crippen LogP contribution >= 0.6 is 0 Å². The zero-order valence-electron chi connectivity index (χ0n) is 8.55. The molecule has 1 aromatic rings. The zero-order chi connectivity index (χ0) is 10.9. The minimum Gasteiger partial charge on any atom is -0.380 e. The molecule has 0 aromatic heterocycles. The van der Waals surface area contributed by atoms with E-state index in [4.69, 9.17) is 0 Å². The molecule has 1 amide bonds. The number of amides is 1. The molecule has 0 unspecified atom stereocenters. The maximum atomic E-state index is 11.9. The average Bonchev–Trinajstić information content (AvgIpc) is 2.23. The van der Waals surface area contributed by atoms with Crippen LogP contribution in [0.5, 0.6) is 0 Å². The van der Waals surface area contributed by atoms with Crippen LogP contribution in [0.4, 0.5) is 5.69 Å². The summed E-state index contributed by atoms with van der Waals surface area (Å²) in [6.07, 6.45) is 3.87. The highest BCUT2D eigenvalue weighted by Gasteiger charge is 2.35. The van der Waals surface area contributed by atoms with Crippen molar-refractivity contribution in [3.05, 3.63) is 42.6 Å². The first-order chi connectivity index (χ1) is 7.11. The summed E-state index contributed by atoms with van der Waals surface area (Å²) in [7, 11) is 0. The predicted octanol–water partition coefficient (Wildman–Crippen LogP) is 1.69. The second-order valence-corrected chi connectivity index (χ2v) is 3.87. The number of rotatable bonds is 1. The first-order valence-electron chi connectivity index (χ1n) is 4.89. The van der Waals surface area contributed by atoms with Crippen molar-refractivity contribution in [3.8, 4) is 0 Å². The molecule has 0 aliphatic carbocycles. The van der Waals surface area contributed by atoms with Crippen molar-refractivity contribution in [2.75, 3.05) is 4.90 Å². The Morgan fingerprint density at radius 1 is 1.33 bits per heavy atom. The molecule has 15 heavy (non-hydrogen) atoms. The molecule has 0 saturated carbocycles. The van der Waals surface area contributed by atoms with Gasteiger partial charge in [0.2, 0.25) is 0 Å². The summed E-state index contributed by atoms with van der Waals surface area (Å²) >= 11 is 0. The van der Waals surface area contributed by atoms with Crippen molar-refractivity contribution in [1.82, 2.24) is 0 Å². The third-order valence-electron chi connectivity index (χ3n) is 2.48. The largest absolute Gasteiger partial charge is 0.380 e. The van der Waals surface area contributed by atoms with Crippen molar-refractivity contribution >= 4 is 11.6 Å². The SMILES string of the molecule is C[C@]1(O)CC=CN(c2ccccc2)C1=O. The number of carbonyl (C=O) groups is 1. The molecule has 0 saturated heterocycles. The molecular formula is C12H13NO2. The lowest BCUT2D eigenvalue weighted by Crippen LogP contribution is -2.47. The number of nitrogens with zero attached hydrogens (tertiary/aromatic N) is 1. The lowest BCUT2D eigenvalue weighted by molar-refractivity contribution is -0.134. The summed E-state index contributed by atoms with van der Waals surface area (Å²) in [5, 5.41) is 9.83. The number of carbonyl (C=O) groups excluding carboxylic acids is 1. The zero-order valence-corrected chi connectivity index (χ0v) is 8.55. The Hall–Kier alpha value is -1.61. The number of anilines is 1. The monoisotopic (exact) mass is 203 g/mol. The van der Waals surface area contributed by atoms with Gasteiger partial charge in [-0.1, -0.05) is 24.3 Å². The van der Waals surface area contributed by atoms with Gasteiger partial charge in [-0.05, 0) is 19.1 Å². The van der Waals surface area contributed by atoms with Crippen molar-refractivity contribution in [2.24, 2.45) is 0 Å². The molecule has 0 bridgehead atoms. The van der Waals surface area contributed by atoms with Crippen molar-refractivity contribution in [3.63, 3.8) is 0 Å². The van der Waals surface area contributed by atoms with Crippen LogP contribution < -0.4 is 4.90 Å². The molecule has 1 aliphatic rings. The van der Waals surface area contributed by atoms with E-state index >= 15 is 0 Å². The lowest BCUT2D eigenvalue weighted by atomic mass is 9.97. The molecule has 0 radical (unpaired) electrons. The third-order valence-corrected chi connectivity index (χ3v) is 2.48. The highest BCUT2D eigenvalue weighted by Crippen LogP contribution is 2.25. The van der Waals surface area contributed by atoms with E-state index in [0.717, 1.165) is 5.69 Å². The van der Waals surface area contributed by atoms with Gasteiger partial charge in [0, 0.05) is 18.3 Å². The minimum atomic E-state index is -1.29. The molecule has 1 atom stereocenters. The van der Waals surface area contributed by atoms with Crippen molar-refractivity contribution < 1.29 is 9.90 Å². The van der Waals surface area contributed by atoms with Crippen LogP contribution in [0.3, 0.4) is 0 Å². The molecular weight excluding hydrogens is 190 g/mol. The fraction of sp³-hybridized carbons (Fsp3) is 0.250. The molecule has 0 fully saturated rings. The Balaban J connectivity index is 2.35. The number of benzene rings is 1. The normalized spacial score (nSPS) is 25.7. The van der Waals surface area contributed by atoms with E-state index in [2.05, 4.69) is 0 Å². The van der Waals surface area contributed by atoms with Gasteiger partial charge in [-0.25, -0.2) is 0 Å². The van der Waals surface area contributed by atoms with Crippen LogP contribution in [0.25, 0.3) is 0 Å². The van der Waals surface area contributed by atoms with E-state index in [9.17, 15) is 9.90 Å². The summed E-state index contributed by atoms with van der Waals surface area (Å²) in [4.78, 5) is 13.3. The fourth-order valence-corrected chi connectivity index (χ4v) is 1.59. The summed E-state index contributed by atoms with van der Waals surface area (Å²) in [6.45, 7) is 1.54. The smallest absolute Gasteiger partial charge is 0.263 e. The van der Waals surface area contributed by atoms with Crippen LogP contribution in [0.2, 0.25) is 0 Å². The predicted molar refractivity (Wildman–Crippen MR) is 58.3 cm³/mol. The first kappa shape index (κ1) is 9.93. The summed E-state index contributed by atoms with van der Waals surface area (Å²) in [5.74, 6) is -0.281. The Morgan fingerprint density at radius 3 is 2.67 bits per heavy atom. The second-order valence-electron chi connectivity index (χ2n) is 3.87. The van der Waals surface area contributed by atoms with Crippen LogP contribution in [0.1, 0.15) is 13.3 Å². The summed E-state index contributed by atoms with van der Waals surface area (Å²) < 4.78 is 0. The molecule has 1 heterocycles. The molecule has 3 heteroatoms. The molecule has 1 aromatic carbocycles. The Morgan fingerprint density at radius 2 is 2.00 bits per heavy atom. The number of para-hydroxylation sites is 1. The standard InChI is InChI=1S/C12H13NO2/c1-12(15)8-5-9-13(11(12)14)10-6-3-2-4-7-10/h2-7,9,15H,8H2,1H3/t12-/m0/s1. The molecule has 1 aliphatic heterocycles. The highest BCUT2D eigenvalue weighted by atomic mass is 16.3. The lowest BCUT2D eigenvalue weighted by Gasteiger charge is -2.31. The Kier molecular flexibility index (Phi) is 2.32. The summed E-state index contributed by atoms with van der Waals surface area (Å²) in [6, 6.07) is 9.28. The van der Waals surface area contributed by atoms with E-state index in [1.807, 2.05) is 30.3 Å². The molecule has 3 nitrogen and oxygen atoms in total. The van der Waals surface area contributed by atoms with E-state index in [0.29, 0.717) is 6.42 Å². The molecule has 2 rings (SSSR count). The van der Waals surface area contributed by atoms with E-state index in [1.165, 1.54) is 11.8 Å². The Bertz CT molecular complexity index is 395. The number of aliphatic hydroxyl groups is 1. The van der Waals surface area contributed by atoms with Crippen molar-refractivity contribution in [1.29, 1.82) is 0 Å². The molecule has 1 N–H and O–H groups in total. The second kappa shape index (κ2) is 3.51. The third kappa shape index (κ3) is 1.78. The van der Waals surface area contributed by atoms with Crippen LogP contribution in [-0.2, 0) is 4.79 Å². The maximum Gasteiger partial charge on any atom is 0.263 e. The van der Waals surface area contributed by atoms with Crippen LogP contribution in [-0.4, -0.2) is 16.6 Å². The maximum absolute atomic E-state index is 11.9.